The molecule has 0 aromatic carbocycles. The van der Waals surface area contributed by atoms with Gasteiger partial charge in [-0.05, 0) is 31.4 Å². The predicted molar refractivity (Wildman–Crippen MR) is 76.1 cm³/mol. The number of thioether (sulfide) groups is 1. The fraction of sp³-hybridized carbons (Fsp3) is 0.750. The van der Waals surface area contributed by atoms with E-state index < -0.39 is 0 Å². The van der Waals surface area contributed by atoms with Crippen molar-refractivity contribution in [2.24, 2.45) is 5.73 Å². The van der Waals surface area contributed by atoms with Crippen LogP contribution in [0.2, 0.25) is 0 Å². The van der Waals surface area contributed by atoms with E-state index in [1.165, 1.54) is 40.0 Å². The van der Waals surface area contributed by atoms with Crippen molar-refractivity contribution >= 4 is 28.2 Å². The summed E-state index contributed by atoms with van der Waals surface area (Å²) < 4.78 is 0. The molecule has 94 valence electrons. The zero-order valence-corrected chi connectivity index (χ0v) is 11.7. The Bertz CT molecular complexity index is 383. The highest BCUT2D eigenvalue weighted by Gasteiger charge is 2.24. The highest BCUT2D eigenvalue weighted by atomic mass is 32.2. The zero-order valence-electron chi connectivity index (χ0n) is 10.0. The lowest BCUT2D eigenvalue weighted by molar-refractivity contribution is 0.573. The van der Waals surface area contributed by atoms with Crippen LogP contribution in [-0.4, -0.2) is 29.6 Å². The molecule has 0 amide bonds. The monoisotopic (exact) mass is 269 g/mol. The Balaban J connectivity index is 1.83. The van der Waals surface area contributed by atoms with Crippen LogP contribution < -0.4 is 10.6 Å². The van der Waals surface area contributed by atoms with Crippen LogP contribution in [0.5, 0.6) is 0 Å². The second-order valence-electron chi connectivity index (χ2n) is 4.76. The molecule has 2 heterocycles. The van der Waals surface area contributed by atoms with Gasteiger partial charge in [-0.2, -0.15) is 11.8 Å². The summed E-state index contributed by atoms with van der Waals surface area (Å²) in [6.45, 7) is 2.31. The summed E-state index contributed by atoms with van der Waals surface area (Å²) in [5, 5.41) is 1.22. The molecule has 0 bridgehead atoms. The van der Waals surface area contributed by atoms with Crippen molar-refractivity contribution in [2.75, 3.05) is 29.5 Å². The molecule has 0 radical (unpaired) electrons. The third-order valence-electron chi connectivity index (χ3n) is 3.47. The van der Waals surface area contributed by atoms with Crippen molar-refractivity contribution in [1.82, 2.24) is 4.98 Å². The number of nitrogens with two attached hydrogens (primary N) is 1. The van der Waals surface area contributed by atoms with Crippen molar-refractivity contribution in [3.05, 3.63) is 10.6 Å². The summed E-state index contributed by atoms with van der Waals surface area (Å²) in [4.78, 5) is 8.63. The van der Waals surface area contributed by atoms with Crippen molar-refractivity contribution in [3.8, 4) is 0 Å². The lowest BCUT2D eigenvalue weighted by Gasteiger charge is -2.18. The molecule has 1 atom stereocenters. The first kappa shape index (κ1) is 11.8. The maximum Gasteiger partial charge on any atom is 0.185 e. The van der Waals surface area contributed by atoms with Gasteiger partial charge >= 0.3 is 0 Å². The van der Waals surface area contributed by atoms with Crippen molar-refractivity contribution < 1.29 is 0 Å². The number of fused-ring (bicyclic) bond motifs is 1. The SMILES string of the molecule is NC1CCCc2nc(N3CCCSCC3)sc21. The third-order valence-corrected chi connectivity index (χ3v) is 5.81. The average Bonchev–Trinajstić information content (AvgIpc) is 2.59. The number of aryl methyl sites for hydroxylation is 1. The van der Waals surface area contributed by atoms with Gasteiger partial charge in [0.05, 0.1) is 5.69 Å². The van der Waals surface area contributed by atoms with E-state index in [1.807, 2.05) is 11.3 Å². The topological polar surface area (TPSA) is 42.1 Å². The van der Waals surface area contributed by atoms with Crippen LogP contribution in [0.25, 0.3) is 0 Å². The van der Waals surface area contributed by atoms with E-state index in [2.05, 4.69) is 16.7 Å². The Morgan fingerprint density at radius 1 is 1.24 bits per heavy atom. The molecule has 1 aromatic rings. The molecule has 1 fully saturated rings. The number of aromatic nitrogens is 1. The van der Waals surface area contributed by atoms with Crippen LogP contribution in [0.1, 0.15) is 35.9 Å². The van der Waals surface area contributed by atoms with Gasteiger partial charge in [-0.3, -0.25) is 0 Å². The summed E-state index contributed by atoms with van der Waals surface area (Å²) in [5.41, 5.74) is 7.45. The first-order chi connectivity index (χ1) is 8.34. The summed E-state index contributed by atoms with van der Waals surface area (Å²) in [6.07, 6.45) is 4.74. The molecular weight excluding hydrogens is 250 g/mol. The largest absolute Gasteiger partial charge is 0.347 e. The molecule has 1 aromatic heterocycles. The second-order valence-corrected chi connectivity index (χ2v) is 6.99. The lowest BCUT2D eigenvalue weighted by Crippen LogP contribution is -2.25. The Hall–Kier alpha value is -0.260. The first-order valence-electron chi connectivity index (χ1n) is 6.42. The molecule has 0 saturated carbocycles. The molecule has 3 rings (SSSR count). The Morgan fingerprint density at radius 3 is 3.06 bits per heavy atom. The Kier molecular flexibility index (Phi) is 3.59. The highest BCUT2D eigenvalue weighted by molar-refractivity contribution is 7.99. The minimum Gasteiger partial charge on any atom is -0.347 e. The summed E-state index contributed by atoms with van der Waals surface area (Å²) in [7, 11) is 0. The standard InChI is InChI=1S/C12H19N3S2/c13-9-3-1-4-10-11(9)17-12(14-10)15-5-2-7-16-8-6-15/h9H,1-8,13H2. The number of hydrogen-bond donors (Lipinski definition) is 1. The van der Waals surface area contributed by atoms with E-state index in [1.54, 1.807) is 0 Å². The molecule has 1 unspecified atom stereocenters. The van der Waals surface area contributed by atoms with Crippen molar-refractivity contribution in [2.45, 2.75) is 31.7 Å². The number of hydrogen-bond acceptors (Lipinski definition) is 5. The first-order valence-corrected chi connectivity index (χ1v) is 8.39. The fourth-order valence-electron chi connectivity index (χ4n) is 2.51. The molecule has 17 heavy (non-hydrogen) atoms. The Morgan fingerprint density at radius 2 is 2.18 bits per heavy atom. The summed E-state index contributed by atoms with van der Waals surface area (Å²) >= 11 is 3.90. The van der Waals surface area contributed by atoms with Crippen LogP contribution in [0, 0.1) is 0 Å². The zero-order chi connectivity index (χ0) is 11.7. The minimum absolute atomic E-state index is 0.242. The van der Waals surface area contributed by atoms with Gasteiger partial charge in [0, 0.05) is 29.8 Å². The maximum absolute atomic E-state index is 6.17. The third kappa shape index (κ3) is 2.46. The van der Waals surface area contributed by atoms with Crippen LogP contribution in [-0.2, 0) is 6.42 Å². The molecule has 5 heteroatoms. The molecule has 2 N–H and O–H groups in total. The van der Waals surface area contributed by atoms with Gasteiger partial charge in [0.25, 0.3) is 0 Å². The van der Waals surface area contributed by atoms with Crippen molar-refractivity contribution in [1.29, 1.82) is 0 Å². The number of nitrogens with zero attached hydrogens (tertiary/aromatic N) is 2. The molecule has 2 aliphatic rings. The molecular formula is C12H19N3S2. The van der Waals surface area contributed by atoms with Crippen LogP contribution in [0.4, 0.5) is 5.13 Å². The molecule has 3 nitrogen and oxygen atoms in total. The number of rotatable bonds is 1. The van der Waals surface area contributed by atoms with Gasteiger partial charge < -0.3 is 10.6 Å². The van der Waals surface area contributed by atoms with Crippen LogP contribution in [0.15, 0.2) is 0 Å². The maximum atomic E-state index is 6.17. The summed E-state index contributed by atoms with van der Waals surface area (Å²) in [5.74, 6) is 2.53. The second kappa shape index (κ2) is 5.16. The van der Waals surface area contributed by atoms with Gasteiger partial charge in [-0.1, -0.05) is 11.3 Å². The van der Waals surface area contributed by atoms with Gasteiger partial charge in [-0.25, -0.2) is 4.98 Å². The molecule has 1 saturated heterocycles. The fourth-order valence-corrected chi connectivity index (χ4v) is 4.60. The van der Waals surface area contributed by atoms with E-state index in [-0.39, 0.29) is 6.04 Å². The normalized spacial score (nSPS) is 25.5. The molecule has 0 spiro atoms. The average molecular weight is 269 g/mol. The molecule has 1 aliphatic heterocycles. The predicted octanol–water partition coefficient (Wildman–Crippen LogP) is 2.42. The van der Waals surface area contributed by atoms with E-state index >= 15 is 0 Å². The number of thiazole rings is 1. The van der Waals surface area contributed by atoms with E-state index in [9.17, 15) is 0 Å². The van der Waals surface area contributed by atoms with Gasteiger partial charge in [0.1, 0.15) is 0 Å². The minimum atomic E-state index is 0.242. The Labute approximate surface area is 111 Å². The summed E-state index contributed by atoms with van der Waals surface area (Å²) in [6, 6.07) is 0.242. The van der Waals surface area contributed by atoms with E-state index in [0.29, 0.717) is 0 Å². The highest BCUT2D eigenvalue weighted by Crippen LogP contribution is 2.36. The van der Waals surface area contributed by atoms with Gasteiger partial charge in [0.2, 0.25) is 0 Å². The lowest BCUT2D eigenvalue weighted by atomic mass is 9.99. The molecule has 1 aliphatic carbocycles. The van der Waals surface area contributed by atoms with Gasteiger partial charge in [-0.15, -0.1) is 0 Å². The smallest absolute Gasteiger partial charge is 0.185 e. The number of anilines is 1. The van der Waals surface area contributed by atoms with Crippen LogP contribution in [0.3, 0.4) is 0 Å². The van der Waals surface area contributed by atoms with Crippen molar-refractivity contribution in [3.63, 3.8) is 0 Å². The van der Waals surface area contributed by atoms with Crippen LogP contribution >= 0.6 is 23.1 Å². The quantitative estimate of drug-likeness (QED) is 0.850. The van der Waals surface area contributed by atoms with Gasteiger partial charge in [0.15, 0.2) is 5.13 Å². The van der Waals surface area contributed by atoms with E-state index in [4.69, 9.17) is 10.7 Å². The van der Waals surface area contributed by atoms with E-state index in [0.717, 1.165) is 25.9 Å².